The second kappa shape index (κ2) is 6.03. The molecule has 0 bridgehead atoms. The lowest BCUT2D eigenvalue weighted by molar-refractivity contribution is 0.0718. The summed E-state index contributed by atoms with van der Waals surface area (Å²) in [5.41, 5.74) is 3.62. The van der Waals surface area contributed by atoms with Crippen molar-refractivity contribution in [3.8, 4) is 11.4 Å². The summed E-state index contributed by atoms with van der Waals surface area (Å²) in [4.78, 5) is 23.5. The Kier molecular flexibility index (Phi) is 3.72. The standard InChI is InChI=1S/C18H19N5O/c1-13-11-16(18(24)22-9-5-2-6-10-22)20-17-12-15(21-23(13)17)14-7-3-4-8-19-14/h3-4,7-8,11-12H,2,5-6,9-10H2,1H3. The molecule has 0 atom stereocenters. The summed E-state index contributed by atoms with van der Waals surface area (Å²) < 4.78 is 1.76. The third kappa shape index (κ3) is 2.64. The summed E-state index contributed by atoms with van der Waals surface area (Å²) in [5.74, 6) is 0.0147. The second-order valence-corrected chi connectivity index (χ2v) is 6.15. The zero-order chi connectivity index (χ0) is 16.5. The first-order valence-corrected chi connectivity index (χ1v) is 8.30. The molecule has 6 heteroatoms. The smallest absolute Gasteiger partial charge is 0.272 e. The Labute approximate surface area is 140 Å². The van der Waals surface area contributed by atoms with Crippen LogP contribution in [0.25, 0.3) is 17.0 Å². The van der Waals surface area contributed by atoms with Gasteiger partial charge in [0.1, 0.15) is 11.4 Å². The van der Waals surface area contributed by atoms with Gasteiger partial charge in [-0.1, -0.05) is 6.07 Å². The average Bonchev–Trinajstić information content (AvgIpc) is 3.07. The number of amides is 1. The van der Waals surface area contributed by atoms with Crippen LogP contribution in [0.3, 0.4) is 0 Å². The van der Waals surface area contributed by atoms with E-state index in [4.69, 9.17) is 0 Å². The van der Waals surface area contributed by atoms with Gasteiger partial charge in [-0.05, 0) is 44.4 Å². The summed E-state index contributed by atoms with van der Waals surface area (Å²) in [5, 5.41) is 4.56. The van der Waals surface area contributed by atoms with E-state index in [1.807, 2.05) is 42.2 Å². The van der Waals surface area contributed by atoms with Crippen molar-refractivity contribution >= 4 is 11.6 Å². The van der Waals surface area contributed by atoms with Gasteiger partial charge in [-0.3, -0.25) is 9.78 Å². The Morgan fingerprint density at radius 3 is 2.67 bits per heavy atom. The first kappa shape index (κ1) is 14.8. The first-order chi connectivity index (χ1) is 11.7. The van der Waals surface area contributed by atoms with Crippen molar-refractivity contribution < 1.29 is 4.79 Å². The fraction of sp³-hybridized carbons (Fsp3) is 0.333. The number of nitrogens with zero attached hydrogens (tertiary/aromatic N) is 5. The van der Waals surface area contributed by atoms with Gasteiger partial charge in [0.05, 0.1) is 5.69 Å². The molecule has 1 saturated heterocycles. The molecule has 4 heterocycles. The number of likely N-dealkylation sites (tertiary alicyclic amines) is 1. The third-order valence-electron chi connectivity index (χ3n) is 4.39. The zero-order valence-electron chi connectivity index (χ0n) is 13.6. The average molecular weight is 321 g/mol. The molecule has 6 nitrogen and oxygen atoms in total. The van der Waals surface area contributed by atoms with E-state index in [1.54, 1.807) is 10.7 Å². The first-order valence-electron chi connectivity index (χ1n) is 8.30. The van der Waals surface area contributed by atoms with Crippen LogP contribution in [0.5, 0.6) is 0 Å². The molecule has 4 rings (SSSR count). The van der Waals surface area contributed by atoms with Crippen LogP contribution in [0.2, 0.25) is 0 Å². The van der Waals surface area contributed by atoms with Gasteiger partial charge < -0.3 is 4.90 Å². The van der Waals surface area contributed by atoms with Gasteiger partial charge in [0, 0.05) is 31.0 Å². The number of hydrogen-bond donors (Lipinski definition) is 0. The highest BCUT2D eigenvalue weighted by Crippen LogP contribution is 2.19. The van der Waals surface area contributed by atoms with Gasteiger partial charge in [0.15, 0.2) is 5.65 Å². The molecule has 122 valence electrons. The van der Waals surface area contributed by atoms with E-state index in [0.717, 1.165) is 43.0 Å². The quantitative estimate of drug-likeness (QED) is 0.728. The lowest BCUT2D eigenvalue weighted by Crippen LogP contribution is -2.36. The van der Waals surface area contributed by atoms with Crippen LogP contribution >= 0.6 is 0 Å². The van der Waals surface area contributed by atoms with Crippen LogP contribution in [-0.4, -0.2) is 43.5 Å². The largest absolute Gasteiger partial charge is 0.337 e. The van der Waals surface area contributed by atoms with Crippen molar-refractivity contribution in [1.29, 1.82) is 0 Å². The topological polar surface area (TPSA) is 63.4 Å². The second-order valence-electron chi connectivity index (χ2n) is 6.15. The van der Waals surface area contributed by atoms with Crippen molar-refractivity contribution in [2.75, 3.05) is 13.1 Å². The van der Waals surface area contributed by atoms with Crippen LogP contribution in [0.1, 0.15) is 35.4 Å². The third-order valence-corrected chi connectivity index (χ3v) is 4.39. The Hall–Kier alpha value is -2.76. The van der Waals surface area contributed by atoms with E-state index < -0.39 is 0 Å². The van der Waals surface area contributed by atoms with E-state index in [1.165, 1.54) is 6.42 Å². The number of hydrogen-bond acceptors (Lipinski definition) is 4. The summed E-state index contributed by atoms with van der Waals surface area (Å²) >= 11 is 0. The predicted octanol–water partition coefficient (Wildman–Crippen LogP) is 2.73. The molecular weight excluding hydrogens is 302 g/mol. The van der Waals surface area contributed by atoms with E-state index in [0.29, 0.717) is 11.3 Å². The van der Waals surface area contributed by atoms with Gasteiger partial charge in [-0.25, -0.2) is 9.50 Å². The molecule has 0 saturated carbocycles. The molecule has 1 aliphatic rings. The minimum absolute atomic E-state index is 0.0147. The van der Waals surface area contributed by atoms with Gasteiger partial charge in [0.25, 0.3) is 5.91 Å². The maximum absolute atomic E-state index is 12.7. The normalized spacial score (nSPS) is 15.0. The Balaban J connectivity index is 1.72. The van der Waals surface area contributed by atoms with Crippen molar-refractivity contribution in [2.24, 2.45) is 0 Å². The number of aromatic nitrogens is 4. The van der Waals surface area contributed by atoms with Gasteiger partial charge >= 0.3 is 0 Å². The highest BCUT2D eigenvalue weighted by atomic mass is 16.2. The summed E-state index contributed by atoms with van der Waals surface area (Å²) in [6.45, 7) is 3.59. The molecule has 0 radical (unpaired) electrons. The number of aryl methyl sites for hydroxylation is 1. The molecule has 1 fully saturated rings. The molecule has 1 aliphatic heterocycles. The summed E-state index contributed by atoms with van der Waals surface area (Å²) in [7, 11) is 0. The Morgan fingerprint density at radius 2 is 1.92 bits per heavy atom. The molecule has 0 aliphatic carbocycles. The molecule has 1 amide bonds. The summed E-state index contributed by atoms with van der Waals surface area (Å²) in [6, 6.07) is 9.41. The predicted molar refractivity (Wildman–Crippen MR) is 90.7 cm³/mol. The van der Waals surface area contributed by atoms with Crippen LogP contribution in [0.15, 0.2) is 36.5 Å². The van der Waals surface area contributed by atoms with Crippen molar-refractivity contribution in [3.63, 3.8) is 0 Å². The van der Waals surface area contributed by atoms with Crippen LogP contribution in [0.4, 0.5) is 0 Å². The lowest BCUT2D eigenvalue weighted by atomic mass is 10.1. The van der Waals surface area contributed by atoms with E-state index in [2.05, 4.69) is 15.1 Å². The van der Waals surface area contributed by atoms with Crippen LogP contribution in [-0.2, 0) is 0 Å². The highest BCUT2D eigenvalue weighted by Gasteiger charge is 2.21. The van der Waals surface area contributed by atoms with Gasteiger partial charge in [0.2, 0.25) is 0 Å². The fourth-order valence-corrected chi connectivity index (χ4v) is 3.13. The van der Waals surface area contributed by atoms with Gasteiger partial charge in [-0.2, -0.15) is 5.10 Å². The maximum Gasteiger partial charge on any atom is 0.272 e. The zero-order valence-corrected chi connectivity index (χ0v) is 13.6. The Bertz CT molecular complexity index is 881. The van der Waals surface area contributed by atoms with Crippen molar-refractivity contribution in [1.82, 2.24) is 24.5 Å². The molecule has 0 aromatic carbocycles. The number of carbonyl (C=O) groups excluding carboxylic acids is 1. The lowest BCUT2D eigenvalue weighted by Gasteiger charge is -2.26. The number of piperidine rings is 1. The van der Waals surface area contributed by atoms with Crippen molar-refractivity contribution in [2.45, 2.75) is 26.2 Å². The molecule has 3 aromatic rings. The molecule has 0 spiro atoms. The Morgan fingerprint density at radius 1 is 1.08 bits per heavy atom. The molecule has 24 heavy (non-hydrogen) atoms. The van der Waals surface area contributed by atoms with E-state index >= 15 is 0 Å². The number of fused-ring (bicyclic) bond motifs is 1. The maximum atomic E-state index is 12.7. The minimum Gasteiger partial charge on any atom is -0.337 e. The molecule has 0 unspecified atom stereocenters. The molecule has 3 aromatic heterocycles. The SMILES string of the molecule is Cc1cc(C(=O)N2CCCCC2)nc2cc(-c3ccccn3)nn12. The molecular formula is C18H19N5O. The number of rotatable bonds is 2. The van der Waals surface area contributed by atoms with E-state index in [9.17, 15) is 4.79 Å². The van der Waals surface area contributed by atoms with Crippen LogP contribution < -0.4 is 0 Å². The molecule has 0 N–H and O–H groups in total. The van der Waals surface area contributed by atoms with E-state index in [-0.39, 0.29) is 5.91 Å². The van der Waals surface area contributed by atoms with Crippen LogP contribution in [0, 0.1) is 6.92 Å². The monoisotopic (exact) mass is 321 g/mol. The van der Waals surface area contributed by atoms with Gasteiger partial charge in [-0.15, -0.1) is 0 Å². The summed E-state index contributed by atoms with van der Waals surface area (Å²) in [6.07, 6.45) is 5.09. The highest BCUT2D eigenvalue weighted by molar-refractivity contribution is 5.93. The number of carbonyl (C=O) groups is 1. The minimum atomic E-state index is 0.0147. The number of pyridine rings is 1. The van der Waals surface area contributed by atoms with Crippen molar-refractivity contribution in [3.05, 3.63) is 47.9 Å². The fourth-order valence-electron chi connectivity index (χ4n) is 3.13.